The van der Waals surface area contributed by atoms with E-state index in [-0.39, 0.29) is 0 Å². The summed E-state index contributed by atoms with van der Waals surface area (Å²) in [6.45, 7) is 4.50. The van der Waals surface area contributed by atoms with Gasteiger partial charge in [0, 0.05) is 6.04 Å². The monoisotopic (exact) mass is 247 g/mol. The van der Waals surface area contributed by atoms with Gasteiger partial charge >= 0.3 is 5.97 Å². The standard InChI is InChI=1S/C15H21NO2/c1-12(16-9-5-2-6-10-16)11-13-7-3-4-8-14(13)15(17)18/h3-4,7-8,12H,2,5-6,9-11H2,1H3,(H,17,18). The average molecular weight is 247 g/mol. The highest BCUT2D eigenvalue weighted by molar-refractivity contribution is 5.89. The van der Waals surface area contributed by atoms with Crippen LogP contribution in [0.25, 0.3) is 0 Å². The molecule has 0 spiro atoms. The van der Waals surface area contributed by atoms with Crippen LogP contribution in [-0.4, -0.2) is 35.1 Å². The molecule has 1 atom stereocenters. The van der Waals surface area contributed by atoms with Gasteiger partial charge in [0.1, 0.15) is 0 Å². The molecule has 1 saturated heterocycles. The molecule has 3 heteroatoms. The van der Waals surface area contributed by atoms with Crippen molar-refractivity contribution >= 4 is 5.97 Å². The lowest BCUT2D eigenvalue weighted by molar-refractivity contribution is 0.0695. The number of carboxylic acid groups (broad SMARTS) is 1. The molecule has 1 unspecified atom stereocenters. The number of hydrogen-bond donors (Lipinski definition) is 1. The van der Waals surface area contributed by atoms with Crippen molar-refractivity contribution in [1.29, 1.82) is 0 Å². The number of carbonyl (C=O) groups is 1. The predicted octanol–water partition coefficient (Wildman–Crippen LogP) is 2.80. The van der Waals surface area contributed by atoms with Gasteiger partial charge in [0.05, 0.1) is 5.56 Å². The van der Waals surface area contributed by atoms with Gasteiger partial charge in [-0.25, -0.2) is 4.79 Å². The van der Waals surface area contributed by atoms with Crippen LogP contribution in [0.3, 0.4) is 0 Å². The number of aromatic carboxylic acids is 1. The fraction of sp³-hybridized carbons (Fsp3) is 0.533. The summed E-state index contributed by atoms with van der Waals surface area (Å²) in [6.07, 6.45) is 4.69. The van der Waals surface area contributed by atoms with Crippen molar-refractivity contribution in [2.45, 2.75) is 38.6 Å². The Morgan fingerprint density at radius 3 is 2.61 bits per heavy atom. The second kappa shape index (κ2) is 6.01. The Hall–Kier alpha value is -1.35. The zero-order valence-electron chi connectivity index (χ0n) is 10.9. The molecule has 18 heavy (non-hydrogen) atoms. The molecule has 3 nitrogen and oxygen atoms in total. The number of benzene rings is 1. The molecular weight excluding hydrogens is 226 g/mol. The van der Waals surface area contributed by atoms with E-state index in [1.807, 2.05) is 12.1 Å². The SMILES string of the molecule is CC(Cc1ccccc1C(=O)O)N1CCCCC1. The van der Waals surface area contributed by atoms with E-state index >= 15 is 0 Å². The molecule has 0 aliphatic carbocycles. The molecule has 2 rings (SSSR count). The molecule has 0 amide bonds. The van der Waals surface area contributed by atoms with Crippen LogP contribution in [0.5, 0.6) is 0 Å². The Morgan fingerprint density at radius 1 is 1.28 bits per heavy atom. The van der Waals surface area contributed by atoms with Crippen molar-refractivity contribution in [3.05, 3.63) is 35.4 Å². The van der Waals surface area contributed by atoms with Gasteiger partial charge in [0.25, 0.3) is 0 Å². The third-order valence-corrected chi connectivity index (χ3v) is 3.78. The maximum Gasteiger partial charge on any atom is 0.335 e. The first-order chi connectivity index (χ1) is 8.68. The normalized spacial score (nSPS) is 18.5. The van der Waals surface area contributed by atoms with Crippen molar-refractivity contribution in [3.8, 4) is 0 Å². The van der Waals surface area contributed by atoms with Gasteiger partial charge in [-0.1, -0.05) is 24.6 Å². The minimum Gasteiger partial charge on any atom is -0.478 e. The second-order valence-corrected chi connectivity index (χ2v) is 5.11. The average Bonchev–Trinajstić information content (AvgIpc) is 2.40. The number of carboxylic acids is 1. The summed E-state index contributed by atoms with van der Waals surface area (Å²) in [6, 6.07) is 7.76. The third kappa shape index (κ3) is 3.10. The minimum absolute atomic E-state index is 0.422. The molecular formula is C15H21NO2. The van der Waals surface area contributed by atoms with E-state index in [1.165, 1.54) is 19.3 Å². The maximum absolute atomic E-state index is 11.2. The summed E-state index contributed by atoms with van der Waals surface area (Å²) in [5, 5.41) is 9.18. The number of nitrogens with zero attached hydrogens (tertiary/aromatic N) is 1. The van der Waals surface area contributed by atoms with Gasteiger partial charge in [-0.05, 0) is 50.9 Å². The molecule has 1 aromatic rings. The molecule has 1 N–H and O–H groups in total. The smallest absolute Gasteiger partial charge is 0.335 e. The van der Waals surface area contributed by atoms with Crippen LogP contribution in [0.2, 0.25) is 0 Å². The zero-order chi connectivity index (χ0) is 13.0. The van der Waals surface area contributed by atoms with Crippen LogP contribution in [0, 0.1) is 0 Å². The lowest BCUT2D eigenvalue weighted by atomic mass is 9.99. The predicted molar refractivity (Wildman–Crippen MR) is 72.0 cm³/mol. The number of hydrogen-bond acceptors (Lipinski definition) is 2. The van der Waals surface area contributed by atoms with E-state index in [1.54, 1.807) is 12.1 Å². The highest BCUT2D eigenvalue weighted by Crippen LogP contribution is 2.17. The van der Waals surface area contributed by atoms with E-state index in [9.17, 15) is 9.90 Å². The van der Waals surface area contributed by atoms with Crippen LogP contribution in [0.1, 0.15) is 42.1 Å². The molecule has 1 aromatic carbocycles. The zero-order valence-corrected chi connectivity index (χ0v) is 10.9. The molecule has 1 fully saturated rings. The molecule has 0 saturated carbocycles. The van der Waals surface area contributed by atoms with Crippen LogP contribution < -0.4 is 0 Å². The van der Waals surface area contributed by atoms with E-state index in [0.29, 0.717) is 11.6 Å². The first kappa shape index (κ1) is 13.1. The number of piperidine rings is 1. The van der Waals surface area contributed by atoms with Crippen molar-refractivity contribution in [3.63, 3.8) is 0 Å². The van der Waals surface area contributed by atoms with Gasteiger partial charge < -0.3 is 10.0 Å². The van der Waals surface area contributed by atoms with E-state index in [2.05, 4.69) is 11.8 Å². The van der Waals surface area contributed by atoms with Gasteiger partial charge in [0.15, 0.2) is 0 Å². The van der Waals surface area contributed by atoms with Crippen molar-refractivity contribution in [2.24, 2.45) is 0 Å². The number of rotatable bonds is 4. The Labute approximate surface area is 108 Å². The lowest BCUT2D eigenvalue weighted by Gasteiger charge is -2.32. The molecule has 0 bridgehead atoms. The van der Waals surface area contributed by atoms with Gasteiger partial charge in [-0.15, -0.1) is 0 Å². The topological polar surface area (TPSA) is 40.5 Å². The quantitative estimate of drug-likeness (QED) is 0.889. The molecule has 1 aliphatic rings. The molecule has 98 valence electrons. The fourth-order valence-electron chi connectivity index (χ4n) is 2.71. The largest absolute Gasteiger partial charge is 0.478 e. The van der Waals surface area contributed by atoms with Crippen molar-refractivity contribution in [2.75, 3.05) is 13.1 Å². The molecule has 0 aromatic heterocycles. The Morgan fingerprint density at radius 2 is 1.94 bits per heavy atom. The van der Waals surface area contributed by atoms with Crippen LogP contribution in [0.15, 0.2) is 24.3 Å². The summed E-state index contributed by atoms with van der Waals surface area (Å²) < 4.78 is 0. The molecule has 0 radical (unpaired) electrons. The van der Waals surface area contributed by atoms with E-state index in [4.69, 9.17) is 0 Å². The first-order valence-corrected chi connectivity index (χ1v) is 6.73. The number of likely N-dealkylation sites (tertiary alicyclic amines) is 1. The summed E-state index contributed by atoms with van der Waals surface area (Å²) in [5.41, 5.74) is 1.39. The highest BCUT2D eigenvalue weighted by Gasteiger charge is 2.19. The van der Waals surface area contributed by atoms with Crippen LogP contribution >= 0.6 is 0 Å². The van der Waals surface area contributed by atoms with Gasteiger partial charge in [-0.3, -0.25) is 0 Å². The molecule has 1 heterocycles. The van der Waals surface area contributed by atoms with Crippen LogP contribution in [-0.2, 0) is 6.42 Å². The maximum atomic E-state index is 11.2. The summed E-state index contributed by atoms with van der Waals surface area (Å²) in [4.78, 5) is 13.6. The van der Waals surface area contributed by atoms with E-state index < -0.39 is 5.97 Å². The van der Waals surface area contributed by atoms with Gasteiger partial charge in [-0.2, -0.15) is 0 Å². The van der Waals surface area contributed by atoms with Crippen LogP contribution in [0.4, 0.5) is 0 Å². The van der Waals surface area contributed by atoms with E-state index in [0.717, 1.165) is 25.1 Å². The first-order valence-electron chi connectivity index (χ1n) is 6.73. The van der Waals surface area contributed by atoms with Crippen molar-refractivity contribution < 1.29 is 9.90 Å². The summed E-state index contributed by atoms with van der Waals surface area (Å²) >= 11 is 0. The summed E-state index contributed by atoms with van der Waals surface area (Å²) in [5.74, 6) is -0.823. The van der Waals surface area contributed by atoms with Crippen molar-refractivity contribution in [1.82, 2.24) is 4.90 Å². The van der Waals surface area contributed by atoms with Gasteiger partial charge in [0.2, 0.25) is 0 Å². The fourth-order valence-corrected chi connectivity index (χ4v) is 2.71. The Kier molecular flexibility index (Phi) is 4.37. The lowest BCUT2D eigenvalue weighted by Crippen LogP contribution is -2.38. The highest BCUT2D eigenvalue weighted by atomic mass is 16.4. The summed E-state index contributed by atoms with van der Waals surface area (Å²) in [7, 11) is 0. The second-order valence-electron chi connectivity index (χ2n) is 5.11. The third-order valence-electron chi connectivity index (χ3n) is 3.78. The molecule has 1 aliphatic heterocycles. The Bertz CT molecular complexity index is 411. The minimum atomic E-state index is -0.823. The Balaban J connectivity index is 2.06.